The number of carboxylic acids is 1. The Hall–Kier alpha value is -1.16. The lowest BCUT2D eigenvalue weighted by molar-refractivity contribution is -0.186. The van der Waals surface area contributed by atoms with Crippen molar-refractivity contribution in [2.24, 2.45) is 45.8 Å². The molecule has 0 amide bonds. The van der Waals surface area contributed by atoms with Crippen LogP contribution < -0.4 is 0 Å². The van der Waals surface area contributed by atoms with Crippen molar-refractivity contribution in [2.45, 2.75) is 59.8 Å². The van der Waals surface area contributed by atoms with Gasteiger partial charge in [0.1, 0.15) is 11.7 Å². The highest BCUT2D eigenvalue weighted by atomic mass is 16.5. The summed E-state index contributed by atoms with van der Waals surface area (Å²) < 4.78 is 6.09. The number of aldehydes is 1. The normalized spacial score (nSPS) is 47.2. The van der Waals surface area contributed by atoms with Crippen molar-refractivity contribution < 1.29 is 19.4 Å². The number of fused-ring (bicyclic) bond motifs is 2. The van der Waals surface area contributed by atoms with Crippen LogP contribution in [0, 0.1) is 45.8 Å². The van der Waals surface area contributed by atoms with E-state index in [2.05, 4.69) is 33.8 Å². The summed E-state index contributed by atoms with van der Waals surface area (Å²) in [5, 5.41) is 10.8. The molecular formula is C23H34O4. The van der Waals surface area contributed by atoms with Crippen molar-refractivity contribution in [1.29, 1.82) is 0 Å². The lowest BCUT2D eigenvalue weighted by Gasteiger charge is -2.58. The molecule has 4 heteroatoms. The SMILES string of the molecule is CCCOCC12CC3C(C)CCC3C3(C=O)CC1C=C(C(C)C)C32C(=O)O. The van der Waals surface area contributed by atoms with Crippen LogP contribution in [0.5, 0.6) is 0 Å². The van der Waals surface area contributed by atoms with Crippen LogP contribution in [0.4, 0.5) is 0 Å². The van der Waals surface area contributed by atoms with Crippen LogP contribution >= 0.6 is 0 Å². The van der Waals surface area contributed by atoms with Crippen LogP contribution in [-0.4, -0.2) is 30.6 Å². The van der Waals surface area contributed by atoms with Crippen molar-refractivity contribution in [3.63, 3.8) is 0 Å². The predicted octanol–water partition coefficient (Wildman–Crippen LogP) is 4.34. The van der Waals surface area contributed by atoms with E-state index < -0.39 is 22.2 Å². The van der Waals surface area contributed by atoms with E-state index in [0.29, 0.717) is 31.5 Å². The number of rotatable bonds is 7. The molecule has 0 aromatic carbocycles. The van der Waals surface area contributed by atoms with E-state index in [-0.39, 0.29) is 17.8 Å². The highest BCUT2D eigenvalue weighted by Gasteiger charge is 2.84. The molecule has 0 saturated heterocycles. The van der Waals surface area contributed by atoms with E-state index >= 15 is 0 Å². The number of carbonyl (C=O) groups is 2. The van der Waals surface area contributed by atoms with Gasteiger partial charge in [0, 0.05) is 12.0 Å². The Labute approximate surface area is 162 Å². The maximum Gasteiger partial charge on any atom is 0.315 e. The number of ether oxygens (including phenoxy) is 1. The zero-order chi connectivity index (χ0) is 19.6. The van der Waals surface area contributed by atoms with Gasteiger partial charge >= 0.3 is 5.97 Å². The van der Waals surface area contributed by atoms with Crippen LogP contribution in [0.2, 0.25) is 0 Å². The molecule has 7 unspecified atom stereocenters. The summed E-state index contributed by atoms with van der Waals surface area (Å²) in [5.41, 5.74) is -1.31. The third-order valence-corrected chi connectivity index (χ3v) is 8.83. The van der Waals surface area contributed by atoms with E-state index in [1.54, 1.807) is 0 Å². The fourth-order valence-electron chi connectivity index (χ4n) is 8.03. The van der Waals surface area contributed by atoms with Gasteiger partial charge in [-0.25, -0.2) is 0 Å². The van der Waals surface area contributed by atoms with Gasteiger partial charge in [-0.1, -0.05) is 45.8 Å². The van der Waals surface area contributed by atoms with Gasteiger partial charge in [-0.2, -0.15) is 0 Å². The molecule has 0 aromatic heterocycles. The lowest BCUT2D eigenvalue weighted by Crippen LogP contribution is -2.63. The Bertz CT molecular complexity index is 682. The molecule has 3 fully saturated rings. The average Bonchev–Trinajstić information content (AvgIpc) is 3.19. The fraction of sp³-hybridized carbons (Fsp3) is 0.826. The Morgan fingerprint density at radius 3 is 2.70 bits per heavy atom. The summed E-state index contributed by atoms with van der Waals surface area (Å²) >= 11 is 0. The van der Waals surface area contributed by atoms with Gasteiger partial charge in [0.25, 0.3) is 0 Å². The van der Waals surface area contributed by atoms with E-state index in [1.807, 2.05) is 0 Å². The van der Waals surface area contributed by atoms with Crippen LogP contribution in [0.3, 0.4) is 0 Å². The largest absolute Gasteiger partial charge is 0.481 e. The van der Waals surface area contributed by atoms with E-state index in [1.165, 1.54) is 0 Å². The molecule has 0 spiro atoms. The second kappa shape index (κ2) is 6.17. The molecule has 150 valence electrons. The average molecular weight is 375 g/mol. The second-order valence-electron chi connectivity index (χ2n) is 10.0. The fourth-order valence-corrected chi connectivity index (χ4v) is 8.03. The van der Waals surface area contributed by atoms with Gasteiger partial charge < -0.3 is 14.6 Å². The third-order valence-electron chi connectivity index (χ3n) is 8.83. The van der Waals surface area contributed by atoms with Gasteiger partial charge in [-0.15, -0.1) is 0 Å². The summed E-state index contributed by atoms with van der Waals surface area (Å²) in [6.07, 6.45) is 7.93. The van der Waals surface area contributed by atoms with Crippen LogP contribution in [-0.2, 0) is 14.3 Å². The third kappa shape index (κ3) is 1.98. The van der Waals surface area contributed by atoms with Crippen molar-refractivity contribution in [3.8, 4) is 0 Å². The quantitative estimate of drug-likeness (QED) is 0.409. The summed E-state index contributed by atoms with van der Waals surface area (Å²) in [6.45, 7) is 9.66. The molecule has 0 aromatic rings. The monoisotopic (exact) mass is 374 g/mol. The van der Waals surface area contributed by atoms with Crippen LogP contribution in [0.25, 0.3) is 0 Å². The molecule has 4 rings (SSSR count). The van der Waals surface area contributed by atoms with Crippen molar-refractivity contribution in [2.75, 3.05) is 13.2 Å². The second-order valence-corrected chi connectivity index (χ2v) is 10.0. The predicted molar refractivity (Wildman–Crippen MR) is 103 cm³/mol. The molecule has 0 radical (unpaired) electrons. The molecule has 4 aliphatic carbocycles. The highest BCUT2D eigenvalue weighted by molar-refractivity contribution is 5.90. The molecule has 7 atom stereocenters. The molecule has 4 nitrogen and oxygen atoms in total. The smallest absolute Gasteiger partial charge is 0.315 e. The highest BCUT2D eigenvalue weighted by Crippen LogP contribution is 2.82. The number of carboxylic acid groups (broad SMARTS) is 1. The zero-order valence-corrected chi connectivity index (χ0v) is 17.2. The summed E-state index contributed by atoms with van der Waals surface area (Å²) in [6, 6.07) is 0. The number of hydrogen-bond donors (Lipinski definition) is 1. The van der Waals surface area contributed by atoms with Gasteiger partial charge in [0.05, 0.1) is 12.0 Å². The molecule has 4 aliphatic rings. The first-order valence-corrected chi connectivity index (χ1v) is 10.8. The van der Waals surface area contributed by atoms with Gasteiger partial charge in [0.2, 0.25) is 0 Å². The van der Waals surface area contributed by atoms with Gasteiger partial charge in [0.15, 0.2) is 0 Å². The maximum atomic E-state index is 13.1. The van der Waals surface area contributed by atoms with E-state index in [4.69, 9.17) is 4.74 Å². The number of carbonyl (C=O) groups excluding carboxylic acids is 1. The molecule has 4 bridgehead atoms. The van der Waals surface area contributed by atoms with Crippen molar-refractivity contribution in [1.82, 2.24) is 0 Å². The molecule has 1 N–H and O–H groups in total. The molecule has 27 heavy (non-hydrogen) atoms. The van der Waals surface area contributed by atoms with E-state index in [9.17, 15) is 14.7 Å². The molecular weight excluding hydrogens is 340 g/mol. The summed E-state index contributed by atoms with van der Waals surface area (Å²) in [4.78, 5) is 25.9. The minimum atomic E-state index is -1.08. The number of allylic oxidation sites excluding steroid dienone is 1. The Balaban J connectivity index is 1.94. The summed E-state index contributed by atoms with van der Waals surface area (Å²) in [5.74, 6) is 0.696. The Kier molecular flexibility index (Phi) is 4.38. The first kappa shape index (κ1) is 19.2. The van der Waals surface area contributed by atoms with E-state index in [0.717, 1.165) is 37.5 Å². The topological polar surface area (TPSA) is 63.6 Å². The molecule has 0 aliphatic heterocycles. The molecule has 3 saturated carbocycles. The van der Waals surface area contributed by atoms with Crippen LogP contribution in [0.15, 0.2) is 11.6 Å². The first-order chi connectivity index (χ1) is 12.8. The van der Waals surface area contributed by atoms with Crippen molar-refractivity contribution in [3.05, 3.63) is 11.6 Å². The Morgan fingerprint density at radius 2 is 2.11 bits per heavy atom. The maximum absolute atomic E-state index is 13.1. The molecule has 0 heterocycles. The summed E-state index contributed by atoms with van der Waals surface area (Å²) in [7, 11) is 0. The standard InChI is InChI=1S/C23H34O4/c1-5-8-27-13-22-11-17-15(4)6-7-18(17)21(12-24)10-16(22)9-19(14(2)3)23(21,22)20(25)26/h9,12,14-18H,5-8,10-11,13H2,1-4H3,(H,25,26). The minimum Gasteiger partial charge on any atom is -0.481 e. The van der Waals surface area contributed by atoms with Gasteiger partial charge in [-0.05, 0) is 55.3 Å². The van der Waals surface area contributed by atoms with Crippen molar-refractivity contribution >= 4 is 12.3 Å². The number of hydrogen-bond acceptors (Lipinski definition) is 3. The minimum absolute atomic E-state index is 0.131. The number of aliphatic carboxylic acids is 1. The Morgan fingerprint density at radius 1 is 1.37 bits per heavy atom. The lowest BCUT2D eigenvalue weighted by atomic mass is 9.43. The zero-order valence-electron chi connectivity index (χ0n) is 17.2. The van der Waals surface area contributed by atoms with Gasteiger partial charge in [-0.3, -0.25) is 4.79 Å². The first-order valence-electron chi connectivity index (χ1n) is 10.8. The van der Waals surface area contributed by atoms with Crippen LogP contribution in [0.1, 0.15) is 59.8 Å².